The van der Waals surface area contributed by atoms with E-state index in [2.05, 4.69) is 15.5 Å². The number of hydrogen-bond donors (Lipinski definition) is 1. The first kappa shape index (κ1) is 20.9. The van der Waals surface area contributed by atoms with E-state index < -0.39 is 6.04 Å². The summed E-state index contributed by atoms with van der Waals surface area (Å²) in [5, 5.41) is 12.2. The van der Waals surface area contributed by atoms with Crippen LogP contribution in [0.4, 0.5) is 17.1 Å². The number of halogens is 1. The molecule has 0 saturated carbocycles. The monoisotopic (exact) mass is 432 g/mol. The maximum absolute atomic E-state index is 12.8. The number of anilines is 1. The molecule has 1 heterocycles. The third-order valence-corrected chi connectivity index (χ3v) is 5.40. The van der Waals surface area contributed by atoms with Crippen molar-refractivity contribution in [2.75, 3.05) is 11.4 Å². The molecule has 0 aromatic heterocycles. The van der Waals surface area contributed by atoms with Gasteiger partial charge in [-0.15, -0.1) is 0 Å². The van der Waals surface area contributed by atoms with Crippen molar-refractivity contribution >= 4 is 40.5 Å². The fraction of sp³-hybridized carbons (Fsp3) is 0.167. The second kappa shape index (κ2) is 9.64. The van der Waals surface area contributed by atoms with Gasteiger partial charge in [-0.1, -0.05) is 48.0 Å². The molecule has 31 heavy (non-hydrogen) atoms. The Labute approximate surface area is 185 Å². The molecule has 7 heteroatoms. The number of nitrogens with zero attached hydrogens (tertiary/aromatic N) is 3. The van der Waals surface area contributed by atoms with Gasteiger partial charge in [0.15, 0.2) is 0 Å². The van der Waals surface area contributed by atoms with Gasteiger partial charge in [0, 0.05) is 5.02 Å². The number of benzene rings is 3. The molecule has 0 bridgehead atoms. The van der Waals surface area contributed by atoms with E-state index in [-0.39, 0.29) is 18.2 Å². The van der Waals surface area contributed by atoms with Crippen LogP contribution in [0.2, 0.25) is 5.02 Å². The Morgan fingerprint density at radius 2 is 1.52 bits per heavy atom. The van der Waals surface area contributed by atoms with Gasteiger partial charge in [-0.25, -0.2) is 4.90 Å². The lowest BCUT2D eigenvalue weighted by Gasteiger charge is -2.15. The molecule has 0 spiro atoms. The lowest BCUT2D eigenvalue weighted by molar-refractivity contribution is -0.121. The van der Waals surface area contributed by atoms with Crippen LogP contribution in [0.25, 0.3) is 0 Å². The van der Waals surface area contributed by atoms with E-state index in [1.165, 1.54) is 4.90 Å². The molecule has 3 aromatic carbocycles. The zero-order chi connectivity index (χ0) is 21.6. The smallest absolute Gasteiger partial charge is 0.251 e. The van der Waals surface area contributed by atoms with Crippen LogP contribution in [0.15, 0.2) is 89.1 Å². The maximum Gasteiger partial charge on any atom is 0.251 e. The Bertz CT molecular complexity index is 1100. The average Bonchev–Trinajstić information content (AvgIpc) is 3.08. The van der Waals surface area contributed by atoms with Gasteiger partial charge in [0.25, 0.3) is 5.91 Å². The highest BCUT2D eigenvalue weighted by atomic mass is 35.5. The first-order chi connectivity index (χ1) is 15.1. The van der Waals surface area contributed by atoms with Crippen LogP contribution in [0.1, 0.15) is 12.0 Å². The molecule has 3 aromatic rings. The molecular formula is C24H21ClN4O2. The minimum absolute atomic E-state index is 0.136. The standard InChI is InChI=1S/C24H21ClN4O2/c25-21-9-5-4-6-17(21)14-15-26-22-16-23(30)29(24(22)31)20-12-10-19(11-13-20)28-27-18-7-2-1-3-8-18/h1-13,22,26H,14-16H2/t22-/m1/s1. The molecule has 2 amide bonds. The average molecular weight is 433 g/mol. The Hall–Kier alpha value is -3.35. The Morgan fingerprint density at radius 1 is 0.871 bits per heavy atom. The summed E-state index contributed by atoms with van der Waals surface area (Å²) in [6.45, 7) is 0.556. The summed E-state index contributed by atoms with van der Waals surface area (Å²) in [5.41, 5.74) is 2.93. The highest BCUT2D eigenvalue weighted by Gasteiger charge is 2.39. The largest absolute Gasteiger partial charge is 0.305 e. The fourth-order valence-corrected chi connectivity index (χ4v) is 3.65. The number of rotatable bonds is 7. The molecule has 1 atom stereocenters. The summed E-state index contributed by atoms with van der Waals surface area (Å²) < 4.78 is 0. The predicted molar refractivity (Wildman–Crippen MR) is 121 cm³/mol. The zero-order valence-corrected chi connectivity index (χ0v) is 17.5. The molecule has 1 N–H and O–H groups in total. The first-order valence-electron chi connectivity index (χ1n) is 10.0. The lowest BCUT2D eigenvalue weighted by Crippen LogP contribution is -2.39. The van der Waals surface area contributed by atoms with Crippen molar-refractivity contribution in [1.29, 1.82) is 0 Å². The van der Waals surface area contributed by atoms with E-state index >= 15 is 0 Å². The Balaban J connectivity index is 1.37. The Morgan fingerprint density at radius 3 is 2.23 bits per heavy atom. The quantitative estimate of drug-likeness (QED) is 0.411. The molecular weight excluding hydrogens is 412 g/mol. The number of azo groups is 1. The van der Waals surface area contributed by atoms with Crippen molar-refractivity contribution < 1.29 is 9.59 Å². The maximum atomic E-state index is 12.8. The summed E-state index contributed by atoms with van der Waals surface area (Å²) in [7, 11) is 0. The van der Waals surface area contributed by atoms with Crippen LogP contribution in [-0.4, -0.2) is 24.4 Å². The summed E-state index contributed by atoms with van der Waals surface area (Å²) in [6, 6.07) is 23.4. The first-order valence-corrected chi connectivity index (χ1v) is 10.4. The van der Waals surface area contributed by atoms with Gasteiger partial charge in [0.1, 0.15) is 0 Å². The molecule has 0 unspecified atom stereocenters. The number of amides is 2. The number of nitrogens with one attached hydrogen (secondary N) is 1. The van der Waals surface area contributed by atoms with Gasteiger partial charge in [0.2, 0.25) is 5.91 Å². The molecule has 1 saturated heterocycles. The van der Waals surface area contributed by atoms with Gasteiger partial charge < -0.3 is 5.32 Å². The highest BCUT2D eigenvalue weighted by molar-refractivity contribution is 6.31. The second-order valence-corrected chi connectivity index (χ2v) is 7.58. The van der Waals surface area contributed by atoms with Crippen molar-refractivity contribution in [2.24, 2.45) is 10.2 Å². The summed E-state index contributed by atoms with van der Waals surface area (Å²) in [6.07, 6.45) is 0.815. The molecule has 156 valence electrons. The van der Waals surface area contributed by atoms with Gasteiger partial charge in [-0.3, -0.25) is 9.59 Å². The summed E-state index contributed by atoms with van der Waals surface area (Å²) >= 11 is 6.17. The Kier molecular flexibility index (Phi) is 6.50. The minimum atomic E-state index is -0.535. The van der Waals surface area contributed by atoms with Gasteiger partial charge >= 0.3 is 0 Å². The molecule has 0 radical (unpaired) electrons. The molecule has 1 fully saturated rings. The van der Waals surface area contributed by atoms with Gasteiger partial charge in [-0.2, -0.15) is 10.2 Å². The van der Waals surface area contributed by atoms with Crippen LogP contribution in [0.3, 0.4) is 0 Å². The van der Waals surface area contributed by atoms with Crippen molar-refractivity contribution in [3.05, 3.63) is 89.4 Å². The third kappa shape index (κ3) is 5.05. The van der Waals surface area contributed by atoms with Crippen LogP contribution >= 0.6 is 11.6 Å². The van der Waals surface area contributed by atoms with E-state index in [0.29, 0.717) is 29.4 Å². The highest BCUT2D eigenvalue weighted by Crippen LogP contribution is 2.26. The van der Waals surface area contributed by atoms with Gasteiger partial charge in [0.05, 0.1) is 29.5 Å². The number of hydrogen-bond acceptors (Lipinski definition) is 5. The molecule has 4 rings (SSSR count). The van der Waals surface area contributed by atoms with E-state index in [4.69, 9.17) is 11.6 Å². The predicted octanol–water partition coefficient (Wildman–Crippen LogP) is 5.22. The van der Waals surface area contributed by atoms with Crippen molar-refractivity contribution in [1.82, 2.24) is 5.32 Å². The summed E-state index contributed by atoms with van der Waals surface area (Å²) in [5.74, 6) is -0.471. The number of imide groups is 1. The third-order valence-electron chi connectivity index (χ3n) is 5.03. The number of carbonyl (C=O) groups is 2. The van der Waals surface area contributed by atoms with E-state index in [1.807, 2.05) is 54.6 Å². The van der Waals surface area contributed by atoms with E-state index in [9.17, 15) is 9.59 Å². The minimum Gasteiger partial charge on any atom is -0.305 e. The van der Waals surface area contributed by atoms with Crippen molar-refractivity contribution in [2.45, 2.75) is 18.9 Å². The van der Waals surface area contributed by atoms with Crippen LogP contribution in [0, 0.1) is 0 Å². The van der Waals surface area contributed by atoms with Crippen LogP contribution < -0.4 is 10.2 Å². The topological polar surface area (TPSA) is 74.1 Å². The SMILES string of the molecule is O=C1C[C@@H](NCCc2ccccc2Cl)C(=O)N1c1ccc(N=Nc2ccccc2)cc1. The zero-order valence-electron chi connectivity index (χ0n) is 16.7. The molecule has 1 aliphatic heterocycles. The molecule has 1 aliphatic rings. The van der Waals surface area contributed by atoms with Crippen LogP contribution in [0.5, 0.6) is 0 Å². The summed E-state index contributed by atoms with van der Waals surface area (Å²) in [4.78, 5) is 26.5. The van der Waals surface area contributed by atoms with E-state index in [0.717, 1.165) is 11.3 Å². The van der Waals surface area contributed by atoms with Crippen LogP contribution in [-0.2, 0) is 16.0 Å². The normalized spacial score (nSPS) is 16.4. The molecule has 6 nitrogen and oxygen atoms in total. The fourth-order valence-electron chi connectivity index (χ4n) is 3.42. The second-order valence-electron chi connectivity index (χ2n) is 7.17. The lowest BCUT2D eigenvalue weighted by atomic mass is 10.1. The number of carbonyl (C=O) groups excluding carboxylic acids is 2. The molecule has 0 aliphatic carbocycles. The van der Waals surface area contributed by atoms with Gasteiger partial charge in [-0.05, 0) is 61.0 Å². The van der Waals surface area contributed by atoms with Crippen molar-refractivity contribution in [3.63, 3.8) is 0 Å². The van der Waals surface area contributed by atoms with E-state index in [1.54, 1.807) is 24.3 Å². The van der Waals surface area contributed by atoms with Crippen molar-refractivity contribution in [3.8, 4) is 0 Å².